The molecule has 2 rings (SSSR count). The Bertz CT molecular complexity index is 491. The van der Waals surface area contributed by atoms with E-state index in [0.717, 1.165) is 31.4 Å². The van der Waals surface area contributed by atoms with E-state index in [1.165, 1.54) is 0 Å². The molecule has 1 aromatic rings. The molecule has 0 spiro atoms. The third-order valence-corrected chi connectivity index (χ3v) is 5.07. The van der Waals surface area contributed by atoms with Crippen LogP contribution in [0.2, 0.25) is 0 Å². The molecular formula is C19H30N2O2. The first-order valence-electron chi connectivity index (χ1n) is 8.74. The number of likely N-dealkylation sites (N-methyl/N-ethyl adjacent to an activating group) is 2. The summed E-state index contributed by atoms with van der Waals surface area (Å²) in [5, 5.41) is 9.99. The SMILES string of the molecule is CCN(Cc1ccccc1)C(=O)C(C)N(C)CC1CCCC1O. The van der Waals surface area contributed by atoms with Gasteiger partial charge in [-0.05, 0) is 45.2 Å². The van der Waals surface area contributed by atoms with Crippen LogP contribution in [0, 0.1) is 5.92 Å². The number of aliphatic hydroxyl groups excluding tert-OH is 1. The smallest absolute Gasteiger partial charge is 0.239 e. The minimum Gasteiger partial charge on any atom is -0.393 e. The minimum atomic E-state index is -0.202. The van der Waals surface area contributed by atoms with Crippen molar-refractivity contribution in [2.24, 2.45) is 5.92 Å². The number of hydrogen-bond donors (Lipinski definition) is 1. The molecule has 3 unspecified atom stereocenters. The van der Waals surface area contributed by atoms with Crippen LogP contribution in [0.5, 0.6) is 0 Å². The maximum atomic E-state index is 12.8. The average Bonchev–Trinajstić information content (AvgIpc) is 2.97. The van der Waals surface area contributed by atoms with Crippen LogP contribution in [-0.2, 0) is 11.3 Å². The van der Waals surface area contributed by atoms with E-state index >= 15 is 0 Å². The Hall–Kier alpha value is -1.39. The third kappa shape index (κ3) is 4.79. The van der Waals surface area contributed by atoms with Crippen LogP contribution in [0.4, 0.5) is 0 Å². The molecule has 4 heteroatoms. The molecule has 1 aliphatic carbocycles. The fourth-order valence-electron chi connectivity index (χ4n) is 3.36. The van der Waals surface area contributed by atoms with E-state index in [-0.39, 0.29) is 18.1 Å². The molecule has 1 N–H and O–H groups in total. The van der Waals surface area contributed by atoms with Crippen LogP contribution in [0.3, 0.4) is 0 Å². The maximum absolute atomic E-state index is 12.8. The molecule has 3 atom stereocenters. The number of rotatable bonds is 7. The van der Waals surface area contributed by atoms with Crippen molar-refractivity contribution >= 4 is 5.91 Å². The Balaban J connectivity index is 1.93. The van der Waals surface area contributed by atoms with Crippen molar-refractivity contribution in [1.29, 1.82) is 0 Å². The summed E-state index contributed by atoms with van der Waals surface area (Å²) in [7, 11) is 1.99. The lowest BCUT2D eigenvalue weighted by Gasteiger charge is -2.32. The summed E-state index contributed by atoms with van der Waals surface area (Å²) in [6.07, 6.45) is 2.85. The fraction of sp³-hybridized carbons (Fsp3) is 0.632. The Morgan fingerprint density at radius 1 is 1.30 bits per heavy atom. The molecule has 0 aromatic heterocycles. The van der Waals surface area contributed by atoms with Crippen molar-refractivity contribution in [3.8, 4) is 0 Å². The zero-order valence-electron chi connectivity index (χ0n) is 14.6. The first kappa shape index (κ1) is 18.0. The summed E-state index contributed by atoms with van der Waals surface area (Å²) in [5.41, 5.74) is 1.16. The summed E-state index contributed by atoms with van der Waals surface area (Å²) in [6, 6.07) is 9.95. The normalized spacial score (nSPS) is 22.3. The lowest BCUT2D eigenvalue weighted by atomic mass is 10.0. The van der Waals surface area contributed by atoms with Gasteiger partial charge in [-0.3, -0.25) is 9.69 Å². The highest BCUT2D eigenvalue weighted by molar-refractivity contribution is 5.81. The molecule has 0 saturated heterocycles. The van der Waals surface area contributed by atoms with E-state index in [9.17, 15) is 9.90 Å². The van der Waals surface area contributed by atoms with Crippen LogP contribution in [0.25, 0.3) is 0 Å². The zero-order chi connectivity index (χ0) is 16.8. The summed E-state index contributed by atoms with van der Waals surface area (Å²) in [6.45, 7) is 6.14. The highest BCUT2D eigenvalue weighted by Gasteiger charge is 2.30. The summed E-state index contributed by atoms with van der Waals surface area (Å²) < 4.78 is 0. The van der Waals surface area contributed by atoms with Gasteiger partial charge in [0.05, 0.1) is 12.1 Å². The molecule has 0 radical (unpaired) electrons. The van der Waals surface area contributed by atoms with E-state index in [4.69, 9.17) is 0 Å². The second-order valence-corrected chi connectivity index (χ2v) is 6.71. The molecule has 23 heavy (non-hydrogen) atoms. The number of nitrogens with zero attached hydrogens (tertiary/aromatic N) is 2. The molecule has 0 bridgehead atoms. The van der Waals surface area contributed by atoms with E-state index in [0.29, 0.717) is 19.0 Å². The number of aliphatic hydroxyl groups is 1. The van der Waals surface area contributed by atoms with Gasteiger partial charge in [0.25, 0.3) is 0 Å². The molecule has 1 aliphatic rings. The largest absolute Gasteiger partial charge is 0.393 e. The number of carbonyl (C=O) groups excluding carboxylic acids is 1. The van der Waals surface area contributed by atoms with Gasteiger partial charge < -0.3 is 10.0 Å². The van der Waals surface area contributed by atoms with Crippen LogP contribution in [0.15, 0.2) is 30.3 Å². The Morgan fingerprint density at radius 3 is 2.57 bits per heavy atom. The van der Waals surface area contributed by atoms with Gasteiger partial charge in [-0.1, -0.05) is 36.8 Å². The molecular weight excluding hydrogens is 288 g/mol. The second kappa shape index (κ2) is 8.46. The minimum absolute atomic E-state index is 0.159. The van der Waals surface area contributed by atoms with E-state index in [2.05, 4.69) is 17.0 Å². The third-order valence-electron chi connectivity index (χ3n) is 5.07. The van der Waals surface area contributed by atoms with Crippen LogP contribution < -0.4 is 0 Å². The molecule has 0 aliphatic heterocycles. The Kier molecular flexibility index (Phi) is 6.60. The lowest BCUT2D eigenvalue weighted by molar-refractivity contribution is -0.136. The molecule has 1 fully saturated rings. The van der Waals surface area contributed by atoms with Gasteiger partial charge in [0, 0.05) is 19.6 Å². The topological polar surface area (TPSA) is 43.8 Å². The predicted molar refractivity (Wildman–Crippen MR) is 93.0 cm³/mol. The van der Waals surface area contributed by atoms with E-state index in [1.54, 1.807) is 0 Å². The predicted octanol–water partition coefficient (Wildman–Crippen LogP) is 2.52. The van der Waals surface area contributed by atoms with Gasteiger partial charge in [-0.2, -0.15) is 0 Å². The van der Waals surface area contributed by atoms with Crippen molar-refractivity contribution < 1.29 is 9.90 Å². The summed E-state index contributed by atoms with van der Waals surface area (Å²) in [4.78, 5) is 16.8. The van der Waals surface area contributed by atoms with Crippen molar-refractivity contribution in [3.63, 3.8) is 0 Å². The van der Waals surface area contributed by atoms with Gasteiger partial charge in [-0.25, -0.2) is 0 Å². The van der Waals surface area contributed by atoms with E-state index < -0.39 is 0 Å². The summed E-state index contributed by atoms with van der Waals surface area (Å²) >= 11 is 0. The Morgan fingerprint density at radius 2 is 2.00 bits per heavy atom. The van der Waals surface area contributed by atoms with Gasteiger partial charge in [-0.15, -0.1) is 0 Å². The molecule has 1 amide bonds. The van der Waals surface area contributed by atoms with Gasteiger partial charge >= 0.3 is 0 Å². The van der Waals surface area contributed by atoms with Crippen LogP contribution >= 0.6 is 0 Å². The van der Waals surface area contributed by atoms with E-state index in [1.807, 2.05) is 44.0 Å². The highest BCUT2D eigenvalue weighted by atomic mass is 16.3. The average molecular weight is 318 g/mol. The van der Waals surface area contributed by atoms with Gasteiger partial charge in [0.2, 0.25) is 5.91 Å². The molecule has 128 valence electrons. The van der Waals surface area contributed by atoms with Gasteiger partial charge in [0.1, 0.15) is 0 Å². The van der Waals surface area contributed by atoms with Crippen molar-refractivity contribution in [2.75, 3.05) is 20.1 Å². The molecule has 1 saturated carbocycles. The van der Waals surface area contributed by atoms with Gasteiger partial charge in [0.15, 0.2) is 0 Å². The monoisotopic (exact) mass is 318 g/mol. The van der Waals surface area contributed by atoms with Crippen molar-refractivity contribution in [1.82, 2.24) is 9.80 Å². The van der Waals surface area contributed by atoms with Crippen molar-refractivity contribution in [2.45, 2.75) is 51.8 Å². The van der Waals surface area contributed by atoms with Crippen molar-refractivity contribution in [3.05, 3.63) is 35.9 Å². The quantitative estimate of drug-likeness (QED) is 0.840. The first-order chi connectivity index (χ1) is 11.0. The number of benzene rings is 1. The number of amides is 1. The highest BCUT2D eigenvalue weighted by Crippen LogP contribution is 2.26. The van der Waals surface area contributed by atoms with Crippen LogP contribution in [-0.4, -0.2) is 53.1 Å². The molecule has 1 aromatic carbocycles. The zero-order valence-corrected chi connectivity index (χ0v) is 14.6. The maximum Gasteiger partial charge on any atom is 0.239 e. The summed E-state index contributed by atoms with van der Waals surface area (Å²) in [5.74, 6) is 0.464. The standard InChI is InChI=1S/C19H30N2O2/c1-4-21(13-16-9-6-5-7-10-16)19(23)15(2)20(3)14-17-11-8-12-18(17)22/h5-7,9-10,15,17-18,22H,4,8,11-14H2,1-3H3. The van der Waals surface area contributed by atoms with Crippen LogP contribution in [0.1, 0.15) is 38.7 Å². The number of carbonyl (C=O) groups is 1. The lowest BCUT2D eigenvalue weighted by Crippen LogP contribution is -2.47. The first-order valence-corrected chi connectivity index (χ1v) is 8.74. The molecule has 0 heterocycles. The number of hydrogen-bond acceptors (Lipinski definition) is 3. The fourth-order valence-corrected chi connectivity index (χ4v) is 3.36. The second-order valence-electron chi connectivity index (χ2n) is 6.71. The Labute approximate surface area is 140 Å². The molecule has 4 nitrogen and oxygen atoms in total.